The molecule has 0 spiro atoms. The molecule has 1 aromatic heterocycles. The van der Waals surface area contributed by atoms with E-state index in [0.29, 0.717) is 4.43 Å². The van der Waals surface area contributed by atoms with Gasteiger partial charge in [0.05, 0.1) is 6.33 Å². The predicted octanol–water partition coefficient (Wildman–Crippen LogP) is 3.07. The van der Waals surface area contributed by atoms with Gasteiger partial charge in [-0.2, -0.15) is 0 Å². The Hall–Kier alpha value is -1.32. The van der Waals surface area contributed by atoms with Gasteiger partial charge in [0.2, 0.25) is 0 Å². The average molecular weight is 439 g/mol. The number of hydrogen-bond donors (Lipinski definition) is 2. The Labute approximate surface area is 151 Å². The number of carbonyl (C=O) groups is 2. The third-order valence-corrected chi connectivity index (χ3v) is 2.82. The lowest BCUT2D eigenvalue weighted by Crippen LogP contribution is -2.46. The van der Waals surface area contributed by atoms with Gasteiger partial charge in [0, 0.05) is 16.8 Å². The van der Waals surface area contributed by atoms with Crippen molar-refractivity contribution in [3.63, 3.8) is 0 Å². The van der Waals surface area contributed by atoms with Crippen LogP contribution < -0.4 is 5.32 Å². The summed E-state index contributed by atoms with van der Waals surface area (Å²) in [4.78, 5) is 29.8. The lowest BCUT2D eigenvalue weighted by Gasteiger charge is -2.25. The normalized spacial score (nSPS) is 12.5. The molecule has 132 valence electrons. The number of hydrogen-bond acceptors (Lipinski definition) is 5. The minimum absolute atomic E-state index is 0.423. The number of rotatable bonds is 3. The summed E-state index contributed by atoms with van der Waals surface area (Å²) in [7, 11) is 0. The summed E-state index contributed by atoms with van der Waals surface area (Å²) in [5.41, 5.74) is -1.16. The highest BCUT2D eigenvalue weighted by molar-refractivity contribution is 14.1. The van der Waals surface area contributed by atoms with Crippen molar-refractivity contribution in [2.24, 2.45) is 0 Å². The van der Waals surface area contributed by atoms with Crippen LogP contribution >= 0.6 is 22.6 Å². The van der Waals surface area contributed by atoms with Crippen LogP contribution in [0.3, 0.4) is 0 Å². The molecule has 0 unspecified atom stereocenters. The summed E-state index contributed by atoms with van der Waals surface area (Å²) in [6, 6.07) is -0.695. The van der Waals surface area contributed by atoms with Gasteiger partial charge in [-0.05, 0) is 41.5 Å². The number of H-pyrrole nitrogens is 1. The first-order chi connectivity index (χ1) is 10.4. The van der Waals surface area contributed by atoms with Crippen LogP contribution in [0.15, 0.2) is 18.7 Å². The Balaban J connectivity index is 0.000000809. The largest absolute Gasteiger partial charge is 0.458 e. The number of aromatic nitrogens is 2. The van der Waals surface area contributed by atoms with E-state index in [0.717, 1.165) is 0 Å². The molecule has 2 N–H and O–H groups in total. The maximum Gasteiger partial charge on any atom is 0.408 e. The second kappa shape index (κ2) is 9.74. The van der Waals surface area contributed by atoms with Crippen molar-refractivity contribution >= 4 is 34.7 Å². The molecule has 0 radical (unpaired) electrons. The Bertz CT molecular complexity index is 447. The standard InChI is InChI=1S/C12H22INO4.C3H4N2/c1-11(2,3)17-9(15)8(7-13)14-10(16)18-12(4,5)6;1-2-5-3-4-1/h8H,7H2,1-6H3,(H,14,16);1-3H,(H,4,5)/t8-;/m0./s1. The lowest BCUT2D eigenvalue weighted by atomic mass is 10.2. The maximum atomic E-state index is 11.8. The quantitative estimate of drug-likeness (QED) is 0.429. The Morgan fingerprint density at radius 2 is 1.74 bits per heavy atom. The molecule has 0 aliphatic rings. The van der Waals surface area contributed by atoms with E-state index in [-0.39, 0.29) is 0 Å². The van der Waals surface area contributed by atoms with Crippen LogP contribution in [0.1, 0.15) is 41.5 Å². The number of amides is 1. The van der Waals surface area contributed by atoms with Gasteiger partial charge in [-0.1, -0.05) is 22.6 Å². The van der Waals surface area contributed by atoms with E-state index in [4.69, 9.17) is 9.47 Å². The zero-order chi connectivity index (χ0) is 18.1. The number of halogens is 1. The Kier molecular flexibility index (Phi) is 9.18. The molecule has 0 saturated carbocycles. The molecule has 1 atom stereocenters. The van der Waals surface area contributed by atoms with Gasteiger partial charge in [0.15, 0.2) is 0 Å². The number of ether oxygens (including phenoxy) is 2. The van der Waals surface area contributed by atoms with Gasteiger partial charge in [0.25, 0.3) is 0 Å². The first kappa shape index (κ1) is 21.7. The van der Waals surface area contributed by atoms with E-state index in [2.05, 4.69) is 15.3 Å². The Morgan fingerprint density at radius 3 is 2.04 bits per heavy atom. The van der Waals surface area contributed by atoms with Crippen LogP contribution in [0.5, 0.6) is 0 Å². The third kappa shape index (κ3) is 12.9. The van der Waals surface area contributed by atoms with E-state index in [1.165, 1.54) is 0 Å². The van der Waals surface area contributed by atoms with E-state index < -0.39 is 29.3 Å². The van der Waals surface area contributed by atoms with Gasteiger partial charge >= 0.3 is 12.1 Å². The minimum atomic E-state index is -0.695. The van der Waals surface area contributed by atoms with Gasteiger partial charge in [-0.25, -0.2) is 14.6 Å². The first-order valence-electron chi connectivity index (χ1n) is 7.15. The molecule has 0 bridgehead atoms. The van der Waals surface area contributed by atoms with Gasteiger partial charge in [-0.3, -0.25) is 0 Å². The van der Waals surface area contributed by atoms with Crippen LogP contribution in [-0.2, 0) is 14.3 Å². The highest BCUT2D eigenvalue weighted by Crippen LogP contribution is 2.11. The van der Waals surface area contributed by atoms with Crippen LogP contribution in [0, 0.1) is 0 Å². The van der Waals surface area contributed by atoms with Crippen molar-refractivity contribution in [3.05, 3.63) is 18.7 Å². The van der Waals surface area contributed by atoms with Gasteiger partial charge in [0.1, 0.15) is 17.2 Å². The maximum absolute atomic E-state index is 11.8. The summed E-state index contributed by atoms with van der Waals surface area (Å²) in [5, 5.41) is 2.50. The van der Waals surface area contributed by atoms with Crippen LogP contribution in [0.25, 0.3) is 0 Å². The topological polar surface area (TPSA) is 93.3 Å². The molecule has 0 fully saturated rings. The van der Waals surface area contributed by atoms with Crippen LogP contribution in [-0.4, -0.2) is 43.7 Å². The summed E-state index contributed by atoms with van der Waals surface area (Å²) in [6.45, 7) is 10.6. The molecule has 0 aromatic carbocycles. The van der Waals surface area contributed by atoms with E-state index in [1.807, 2.05) is 22.6 Å². The summed E-state index contributed by atoms with van der Waals surface area (Å²) in [5.74, 6) is -0.456. The summed E-state index contributed by atoms with van der Waals surface area (Å²) < 4.78 is 10.7. The van der Waals surface area contributed by atoms with E-state index in [9.17, 15) is 9.59 Å². The smallest absolute Gasteiger partial charge is 0.408 e. The highest BCUT2D eigenvalue weighted by Gasteiger charge is 2.27. The number of nitrogens with zero attached hydrogens (tertiary/aromatic N) is 1. The van der Waals surface area contributed by atoms with Crippen molar-refractivity contribution in [2.45, 2.75) is 58.8 Å². The van der Waals surface area contributed by atoms with Crippen molar-refractivity contribution < 1.29 is 19.1 Å². The number of imidazole rings is 1. The van der Waals surface area contributed by atoms with Gasteiger partial charge in [-0.15, -0.1) is 0 Å². The molecule has 1 aromatic rings. The molecule has 1 rings (SSSR count). The number of alkyl halides is 1. The average Bonchev–Trinajstić information content (AvgIpc) is 2.90. The molecule has 0 saturated heterocycles. The van der Waals surface area contributed by atoms with Crippen LogP contribution in [0.4, 0.5) is 4.79 Å². The minimum Gasteiger partial charge on any atom is -0.458 e. The number of nitrogens with one attached hydrogen (secondary N) is 2. The highest BCUT2D eigenvalue weighted by atomic mass is 127. The molecule has 0 aliphatic carbocycles. The molecule has 0 aliphatic heterocycles. The lowest BCUT2D eigenvalue weighted by molar-refractivity contribution is -0.156. The fourth-order valence-electron chi connectivity index (χ4n) is 1.20. The molecule has 1 amide bonds. The molecule has 8 heteroatoms. The third-order valence-electron chi connectivity index (χ3n) is 1.94. The fraction of sp³-hybridized carbons (Fsp3) is 0.667. The number of aromatic amines is 1. The SMILES string of the molecule is CC(C)(C)OC(=O)N[C@@H](CI)C(=O)OC(C)(C)C.c1c[nH]cn1. The summed E-state index contributed by atoms with van der Waals surface area (Å²) in [6.07, 6.45) is 4.47. The van der Waals surface area contributed by atoms with Gasteiger partial charge < -0.3 is 19.8 Å². The molecular formula is C15H26IN3O4. The van der Waals surface area contributed by atoms with E-state index >= 15 is 0 Å². The zero-order valence-corrected chi connectivity index (χ0v) is 16.6. The predicted molar refractivity (Wildman–Crippen MR) is 96.5 cm³/mol. The number of alkyl carbamates (subject to hydrolysis) is 1. The number of carbonyl (C=O) groups excluding carboxylic acids is 2. The monoisotopic (exact) mass is 439 g/mol. The second-order valence-corrected chi connectivity index (χ2v) is 7.53. The second-order valence-electron chi connectivity index (χ2n) is 6.65. The van der Waals surface area contributed by atoms with E-state index in [1.54, 1.807) is 60.3 Å². The first-order valence-corrected chi connectivity index (χ1v) is 8.68. The Morgan fingerprint density at radius 1 is 1.17 bits per heavy atom. The zero-order valence-electron chi connectivity index (χ0n) is 14.5. The van der Waals surface area contributed by atoms with Crippen molar-refractivity contribution in [1.82, 2.24) is 15.3 Å². The van der Waals surface area contributed by atoms with Crippen molar-refractivity contribution in [3.8, 4) is 0 Å². The molecule has 7 nitrogen and oxygen atoms in total. The summed E-state index contributed by atoms with van der Waals surface area (Å²) >= 11 is 2.02. The van der Waals surface area contributed by atoms with Crippen molar-refractivity contribution in [2.75, 3.05) is 4.43 Å². The number of esters is 1. The molecule has 1 heterocycles. The molecular weight excluding hydrogens is 413 g/mol. The fourth-order valence-corrected chi connectivity index (χ4v) is 1.78. The van der Waals surface area contributed by atoms with Crippen LogP contribution in [0.2, 0.25) is 0 Å². The molecule has 23 heavy (non-hydrogen) atoms. The van der Waals surface area contributed by atoms with Crippen molar-refractivity contribution in [1.29, 1.82) is 0 Å².